The molecule has 2 aromatic carbocycles. The molecule has 23 heavy (non-hydrogen) atoms. The number of carbonyl (C=O) groups excluding carboxylic acids is 1. The third-order valence-corrected chi connectivity index (χ3v) is 2.97. The predicted octanol–water partition coefficient (Wildman–Crippen LogP) is 2.94. The minimum Gasteiger partial charge on any atom is -0.481 e. The summed E-state index contributed by atoms with van der Waals surface area (Å²) in [4.78, 5) is 22.9. The van der Waals surface area contributed by atoms with Gasteiger partial charge in [-0.3, -0.25) is 4.79 Å². The summed E-state index contributed by atoms with van der Waals surface area (Å²) in [6.07, 6.45) is 1.40. The SMILES string of the molecule is N#C/C(=C\c1ccccc1OCC(=O)O)C(=O)c1ccccc1. The summed E-state index contributed by atoms with van der Waals surface area (Å²) in [6, 6.07) is 17.0. The molecular formula is C18H13NO4. The molecule has 0 fully saturated rings. The molecule has 0 saturated heterocycles. The largest absolute Gasteiger partial charge is 0.481 e. The van der Waals surface area contributed by atoms with Gasteiger partial charge in [0, 0.05) is 11.1 Å². The Hall–Kier alpha value is -3.39. The monoisotopic (exact) mass is 307 g/mol. The Morgan fingerprint density at radius 2 is 1.74 bits per heavy atom. The fourth-order valence-corrected chi connectivity index (χ4v) is 1.92. The molecule has 0 aliphatic heterocycles. The fraction of sp³-hybridized carbons (Fsp3) is 0.0556. The van der Waals surface area contributed by atoms with E-state index in [0.29, 0.717) is 16.9 Å². The summed E-state index contributed by atoms with van der Waals surface area (Å²) in [5.41, 5.74) is 0.821. The molecule has 0 saturated carbocycles. The molecule has 0 radical (unpaired) electrons. The van der Waals surface area contributed by atoms with Crippen LogP contribution in [0, 0.1) is 11.3 Å². The number of nitriles is 1. The fourth-order valence-electron chi connectivity index (χ4n) is 1.92. The number of carboxylic acids is 1. The van der Waals surface area contributed by atoms with E-state index in [9.17, 15) is 14.9 Å². The lowest BCUT2D eigenvalue weighted by molar-refractivity contribution is -0.139. The van der Waals surface area contributed by atoms with Crippen molar-refractivity contribution in [2.45, 2.75) is 0 Å². The predicted molar refractivity (Wildman–Crippen MR) is 83.9 cm³/mol. The zero-order valence-electron chi connectivity index (χ0n) is 12.1. The number of ketones is 1. The number of benzene rings is 2. The number of ether oxygens (including phenoxy) is 1. The van der Waals surface area contributed by atoms with Crippen LogP contribution in [0.4, 0.5) is 0 Å². The van der Waals surface area contributed by atoms with Gasteiger partial charge >= 0.3 is 5.97 Å². The second-order valence-electron chi connectivity index (χ2n) is 4.59. The highest BCUT2D eigenvalue weighted by molar-refractivity contribution is 6.14. The minimum atomic E-state index is -1.11. The van der Waals surface area contributed by atoms with E-state index in [-0.39, 0.29) is 5.57 Å². The molecular weight excluding hydrogens is 294 g/mol. The van der Waals surface area contributed by atoms with Gasteiger partial charge in [0.15, 0.2) is 6.61 Å². The summed E-state index contributed by atoms with van der Waals surface area (Å²) >= 11 is 0. The number of carbonyl (C=O) groups is 2. The summed E-state index contributed by atoms with van der Waals surface area (Å²) in [6.45, 7) is -0.501. The van der Waals surface area contributed by atoms with Crippen LogP contribution in [0.5, 0.6) is 5.75 Å². The lowest BCUT2D eigenvalue weighted by Gasteiger charge is -2.07. The summed E-state index contributed by atoms with van der Waals surface area (Å²) in [5.74, 6) is -1.21. The van der Waals surface area contributed by atoms with Crippen LogP contribution in [0.1, 0.15) is 15.9 Å². The van der Waals surface area contributed by atoms with Crippen molar-refractivity contribution in [1.29, 1.82) is 5.26 Å². The van der Waals surface area contributed by atoms with Crippen LogP contribution in [-0.4, -0.2) is 23.5 Å². The van der Waals surface area contributed by atoms with Crippen molar-refractivity contribution >= 4 is 17.8 Å². The van der Waals surface area contributed by atoms with E-state index in [1.165, 1.54) is 6.08 Å². The van der Waals surface area contributed by atoms with Gasteiger partial charge in [0.05, 0.1) is 0 Å². The first kappa shape index (κ1) is 16.0. The molecule has 0 spiro atoms. The van der Waals surface area contributed by atoms with Crippen LogP contribution in [0.25, 0.3) is 6.08 Å². The third kappa shape index (κ3) is 4.29. The smallest absolute Gasteiger partial charge is 0.341 e. The Labute approximate surface area is 133 Å². The summed E-state index contributed by atoms with van der Waals surface area (Å²) < 4.78 is 5.16. The Morgan fingerprint density at radius 3 is 2.39 bits per heavy atom. The molecule has 0 aliphatic carbocycles. The van der Waals surface area contributed by atoms with Crippen molar-refractivity contribution in [1.82, 2.24) is 0 Å². The van der Waals surface area contributed by atoms with Gasteiger partial charge in [0.25, 0.3) is 0 Å². The maximum atomic E-state index is 12.3. The first-order chi connectivity index (χ1) is 11.1. The minimum absolute atomic E-state index is 0.0532. The standard InChI is InChI=1S/C18H13NO4/c19-11-15(18(22)13-6-2-1-3-7-13)10-14-8-4-5-9-16(14)23-12-17(20)21/h1-10H,12H2,(H,20,21)/b15-10+. The maximum Gasteiger partial charge on any atom is 0.341 e. The molecule has 2 rings (SSSR count). The van der Waals surface area contributed by atoms with Gasteiger partial charge in [-0.25, -0.2) is 4.79 Å². The van der Waals surface area contributed by atoms with Crippen LogP contribution in [0.2, 0.25) is 0 Å². The molecule has 0 heterocycles. The van der Waals surface area contributed by atoms with E-state index >= 15 is 0 Å². The molecule has 5 heteroatoms. The van der Waals surface area contributed by atoms with Crippen LogP contribution in [0.3, 0.4) is 0 Å². The van der Waals surface area contributed by atoms with Gasteiger partial charge in [-0.2, -0.15) is 5.26 Å². The van der Waals surface area contributed by atoms with E-state index in [2.05, 4.69) is 0 Å². The normalized spacial score (nSPS) is 10.7. The van der Waals surface area contributed by atoms with Crippen molar-refractivity contribution in [2.75, 3.05) is 6.61 Å². The highest BCUT2D eigenvalue weighted by Gasteiger charge is 2.13. The van der Waals surface area contributed by atoms with Crippen molar-refractivity contribution in [3.8, 4) is 11.8 Å². The number of nitrogens with zero attached hydrogens (tertiary/aromatic N) is 1. The van der Waals surface area contributed by atoms with E-state index < -0.39 is 18.4 Å². The topological polar surface area (TPSA) is 87.4 Å². The van der Waals surface area contributed by atoms with Crippen molar-refractivity contribution in [2.24, 2.45) is 0 Å². The number of allylic oxidation sites excluding steroid dienone is 1. The molecule has 0 unspecified atom stereocenters. The lowest BCUT2D eigenvalue weighted by atomic mass is 10.0. The summed E-state index contributed by atoms with van der Waals surface area (Å²) in [5, 5.41) is 17.9. The number of rotatable bonds is 6. The Balaban J connectivity index is 2.34. The lowest BCUT2D eigenvalue weighted by Crippen LogP contribution is -2.10. The zero-order chi connectivity index (χ0) is 16.7. The first-order valence-corrected chi connectivity index (χ1v) is 6.77. The highest BCUT2D eigenvalue weighted by Crippen LogP contribution is 2.22. The number of para-hydroxylation sites is 1. The van der Waals surface area contributed by atoms with Crippen LogP contribution >= 0.6 is 0 Å². The van der Waals surface area contributed by atoms with Crippen LogP contribution in [-0.2, 0) is 4.79 Å². The molecule has 0 bridgehead atoms. The average Bonchev–Trinajstić information content (AvgIpc) is 2.58. The summed E-state index contributed by atoms with van der Waals surface area (Å²) in [7, 11) is 0. The molecule has 2 aromatic rings. The number of hydrogen-bond donors (Lipinski definition) is 1. The first-order valence-electron chi connectivity index (χ1n) is 6.77. The van der Waals surface area contributed by atoms with Gasteiger partial charge in [-0.05, 0) is 12.1 Å². The second-order valence-corrected chi connectivity index (χ2v) is 4.59. The maximum absolute atomic E-state index is 12.3. The van der Waals surface area contributed by atoms with Gasteiger partial charge in [-0.15, -0.1) is 0 Å². The van der Waals surface area contributed by atoms with Gasteiger partial charge in [-0.1, -0.05) is 48.5 Å². The molecule has 0 aliphatic rings. The van der Waals surface area contributed by atoms with Crippen LogP contribution in [0.15, 0.2) is 60.2 Å². The molecule has 0 aromatic heterocycles. The molecule has 1 N–H and O–H groups in total. The Kier molecular flexibility index (Phi) is 5.26. The Morgan fingerprint density at radius 1 is 1.09 bits per heavy atom. The van der Waals surface area contributed by atoms with Gasteiger partial charge < -0.3 is 9.84 Å². The molecule has 114 valence electrons. The van der Waals surface area contributed by atoms with Gasteiger partial charge in [0.2, 0.25) is 5.78 Å². The van der Waals surface area contributed by atoms with Crippen LogP contribution < -0.4 is 4.74 Å². The van der Waals surface area contributed by atoms with Gasteiger partial charge in [0.1, 0.15) is 17.4 Å². The van der Waals surface area contributed by atoms with Crippen molar-refractivity contribution in [3.63, 3.8) is 0 Å². The van der Waals surface area contributed by atoms with E-state index in [1.54, 1.807) is 54.6 Å². The highest BCUT2D eigenvalue weighted by atomic mass is 16.5. The number of hydrogen-bond acceptors (Lipinski definition) is 4. The number of Topliss-reactive ketones (excluding diaryl/α,β-unsaturated/α-hetero) is 1. The second kappa shape index (κ2) is 7.57. The number of carboxylic acid groups (broad SMARTS) is 1. The molecule has 5 nitrogen and oxygen atoms in total. The average molecular weight is 307 g/mol. The van der Waals surface area contributed by atoms with E-state index in [4.69, 9.17) is 9.84 Å². The molecule has 0 amide bonds. The van der Waals surface area contributed by atoms with Crippen molar-refractivity contribution in [3.05, 3.63) is 71.3 Å². The van der Waals surface area contributed by atoms with E-state index in [0.717, 1.165) is 0 Å². The zero-order valence-corrected chi connectivity index (χ0v) is 12.1. The van der Waals surface area contributed by atoms with E-state index in [1.807, 2.05) is 6.07 Å². The third-order valence-electron chi connectivity index (χ3n) is 2.97. The van der Waals surface area contributed by atoms with Crippen molar-refractivity contribution < 1.29 is 19.4 Å². The quantitative estimate of drug-likeness (QED) is 0.503. The Bertz CT molecular complexity index is 788. The molecule has 0 atom stereocenters. The number of aliphatic carboxylic acids is 1.